The van der Waals surface area contributed by atoms with Gasteiger partial charge in [-0.3, -0.25) is 9.80 Å². The zero-order chi connectivity index (χ0) is 14.8. The van der Waals surface area contributed by atoms with Crippen molar-refractivity contribution < 1.29 is 8.42 Å². The van der Waals surface area contributed by atoms with Crippen LogP contribution in [0.25, 0.3) is 0 Å². The largest absolute Gasteiger partial charge is 0.298 e. The minimum absolute atomic E-state index is 0.267. The lowest BCUT2D eigenvalue weighted by Crippen LogP contribution is -2.61. The van der Waals surface area contributed by atoms with Crippen LogP contribution in [-0.4, -0.2) is 68.0 Å². The molecule has 0 saturated carbocycles. The van der Waals surface area contributed by atoms with Crippen LogP contribution in [0.3, 0.4) is 0 Å². The molecule has 5 heteroatoms. The molecule has 0 aromatic heterocycles. The molecule has 0 radical (unpaired) electrons. The molecule has 2 unspecified atom stereocenters. The maximum atomic E-state index is 11.8. The van der Waals surface area contributed by atoms with Crippen molar-refractivity contribution in [3.8, 4) is 0 Å². The van der Waals surface area contributed by atoms with Gasteiger partial charge < -0.3 is 0 Å². The van der Waals surface area contributed by atoms with Crippen molar-refractivity contribution in [3.05, 3.63) is 0 Å². The Balaban J connectivity index is 2.00. The van der Waals surface area contributed by atoms with E-state index in [0.717, 1.165) is 13.1 Å². The van der Waals surface area contributed by atoms with Crippen LogP contribution in [0.1, 0.15) is 40.0 Å². The van der Waals surface area contributed by atoms with Crippen molar-refractivity contribution in [2.24, 2.45) is 5.92 Å². The van der Waals surface area contributed by atoms with Gasteiger partial charge in [0.25, 0.3) is 0 Å². The lowest BCUT2D eigenvalue weighted by Gasteiger charge is -2.49. The lowest BCUT2D eigenvalue weighted by atomic mass is 9.92. The maximum absolute atomic E-state index is 11.8. The summed E-state index contributed by atoms with van der Waals surface area (Å²) in [6.07, 6.45) is 3.93. The van der Waals surface area contributed by atoms with Crippen LogP contribution in [0.2, 0.25) is 0 Å². The Labute approximate surface area is 124 Å². The molecule has 0 amide bonds. The van der Waals surface area contributed by atoms with Crippen LogP contribution >= 0.6 is 0 Å². The van der Waals surface area contributed by atoms with Crippen molar-refractivity contribution in [1.82, 2.24) is 9.80 Å². The van der Waals surface area contributed by atoms with Gasteiger partial charge in [0.1, 0.15) is 0 Å². The highest BCUT2D eigenvalue weighted by Gasteiger charge is 2.36. The smallest absolute Gasteiger partial charge is 0.151 e. The fourth-order valence-electron chi connectivity index (χ4n) is 3.56. The molecular weight excluding hydrogens is 272 g/mol. The molecule has 0 spiro atoms. The molecule has 0 aromatic carbocycles. The Morgan fingerprint density at radius 3 is 2.60 bits per heavy atom. The van der Waals surface area contributed by atoms with Gasteiger partial charge in [0.05, 0.1) is 5.75 Å². The first-order chi connectivity index (χ1) is 9.43. The monoisotopic (exact) mass is 302 g/mol. The van der Waals surface area contributed by atoms with E-state index >= 15 is 0 Å². The predicted octanol–water partition coefficient (Wildman–Crippen LogP) is 1.62. The second kappa shape index (κ2) is 6.75. The third kappa shape index (κ3) is 3.95. The SMILES string of the molecule is CCS(=O)(=O)CCN1CC2CCCCN2CC1C(C)C. The van der Waals surface area contributed by atoms with E-state index in [1.165, 1.54) is 25.8 Å². The van der Waals surface area contributed by atoms with Gasteiger partial charge in [-0.15, -0.1) is 0 Å². The summed E-state index contributed by atoms with van der Waals surface area (Å²) < 4.78 is 23.5. The molecule has 2 aliphatic rings. The first-order valence-corrected chi connectivity index (χ1v) is 9.93. The fourth-order valence-corrected chi connectivity index (χ4v) is 4.36. The van der Waals surface area contributed by atoms with Gasteiger partial charge in [-0.25, -0.2) is 8.42 Å². The molecule has 4 nitrogen and oxygen atoms in total. The van der Waals surface area contributed by atoms with Gasteiger partial charge in [0.2, 0.25) is 0 Å². The third-order valence-corrected chi connectivity index (χ3v) is 6.67. The van der Waals surface area contributed by atoms with E-state index < -0.39 is 9.84 Å². The molecule has 0 aromatic rings. The molecule has 2 atom stereocenters. The summed E-state index contributed by atoms with van der Waals surface area (Å²) in [5.74, 6) is 1.17. The van der Waals surface area contributed by atoms with Gasteiger partial charge >= 0.3 is 0 Å². The molecule has 0 aliphatic carbocycles. The van der Waals surface area contributed by atoms with E-state index in [1.807, 2.05) is 0 Å². The topological polar surface area (TPSA) is 40.6 Å². The Bertz CT molecular complexity index is 408. The van der Waals surface area contributed by atoms with Crippen molar-refractivity contribution in [2.45, 2.75) is 52.1 Å². The van der Waals surface area contributed by atoms with Crippen molar-refractivity contribution >= 4 is 9.84 Å². The Morgan fingerprint density at radius 2 is 1.95 bits per heavy atom. The molecule has 20 heavy (non-hydrogen) atoms. The average molecular weight is 302 g/mol. The van der Waals surface area contributed by atoms with E-state index in [4.69, 9.17) is 0 Å². The Morgan fingerprint density at radius 1 is 1.20 bits per heavy atom. The van der Waals surface area contributed by atoms with Crippen molar-refractivity contribution in [1.29, 1.82) is 0 Å². The Hall–Kier alpha value is -0.130. The highest BCUT2D eigenvalue weighted by molar-refractivity contribution is 7.91. The van der Waals surface area contributed by atoms with Gasteiger partial charge in [-0.1, -0.05) is 27.2 Å². The van der Waals surface area contributed by atoms with E-state index in [0.29, 0.717) is 30.3 Å². The molecule has 0 N–H and O–H groups in total. The molecule has 2 rings (SSSR count). The van der Waals surface area contributed by atoms with E-state index in [9.17, 15) is 8.42 Å². The summed E-state index contributed by atoms with van der Waals surface area (Å²) in [7, 11) is -2.85. The van der Waals surface area contributed by atoms with Gasteiger partial charge in [0.15, 0.2) is 9.84 Å². The number of nitrogens with zero attached hydrogens (tertiary/aromatic N) is 2. The minimum Gasteiger partial charge on any atom is -0.298 e. The van der Waals surface area contributed by atoms with Gasteiger partial charge in [-0.05, 0) is 25.3 Å². The normalized spacial score (nSPS) is 29.6. The maximum Gasteiger partial charge on any atom is 0.151 e. The van der Waals surface area contributed by atoms with E-state index in [-0.39, 0.29) is 5.75 Å². The second-order valence-corrected chi connectivity index (χ2v) is 9.16. The molecule has 2 saturated heterocycles. The van der Waals surface area contributed by atoms with Gasteiger partial charge in [0, 0.05) is 37.5 Å². The van der Waals surface area contributed by atoms with Crippen LogP contribution in [0.15, 0.2) is 0 Å². The zero-order valence-corrected chi connectivity index (χ0v) is 14.0. The standard InChI is InChI=1S/C15H30N2O2S/c1-4-20(18,19)10-9-17-11-14-7-5-6-8-16(14)12-15(17)13(2)3/h13-15H,4-12H2,1-3H3. The number of hydrogen-bond donors (Lipinski definition) is 0. The van der Waals surface area contributed by atoms with E-state index in [1.54, 1.807) is 6.92 Å². The molecular formula is C15H30N2O2S. The van der Waals surface area contributed by atoms with Crippen molar-refractivity contribution in [3.63, 3.8) is 0 Å². The summed E-state index contributed by atoms with van der Waals surface area (Å²) in [6.45, 7) is 10.4. The number of piperidine rings is 1. The Kier molecular flexibility index (Phi) is 5.49. The van der Waals surface area contributed by atoms with Crippen molar-refractivity contribution in [2.75, 3.05) is 37.7 Å². The van der Waals surface area contributed by atoms with E-state index in [2.05, 4.69) is 23.6 Å². The predicted molar refractivity (Wildman–Crippen MR) is 83.7 cm³/mol. The second-order valence-electron chi connectivity index (χ2n) is 6.69. The highest BCUT2D eigenvalue weighted by Crippen LogP contribution is 2.26. The first kappa shape index (κ1) is 16.2. The third-order valence-electron chi connectivity index (χ3n) is 4.98. The summed E-state index contributed by atoms with van der Waals surface area (Å²) in [4.78, 5) is 5.09. The average Bonchev–Trinajstić information content (AvgIpc) is 2.44. The molecule has 2 fully saturated rings. The molecule has 2 aliphatic heterocycles. The van der Waals surface area contributed by atoms with Crippen LogP contribution < -0.4 is 0 Å². The number of rotatable bonds is 5. The minimum atomic E-state index is -2.85. The lowest BCUT2D eigenvalue weighted by molar-refractivity contribution is -0.00416. The molecule has 2 heterocycles. The summed E-state index contributed by atoms with van der Waals surface area (Å²) in [5.41, 5.74) is 0. The molecule has 118 valence electrons. The van der Waals surface area contributed by atoms with Gasteiger partial charge in [-0.2, -0.15) is 0 Å². The first-order valence-electron chi connectivity index (χ1n) is 8.11. The van der Waals surface area contributed by atoms with Crippen LogP contribution in [0, 0.1) is 5.92 Å². The fraction of sp³-hybridized carbons (Fsp3) is 1.00. The number of piperazine rings is 1. The van der Waals surface area contributed by atoms with Crippen LogP contribution in [-0.2, 0) is 9.84 Å². The number of sulfone groups is 1. The van der Waals surface area contributed by atoms with Crippen LogP contribution in [0.5, 0.6) is 0 Å². The quantitative estimate of drug-likeness (QED) is 0.774. The number of fused-ring (bicyclic) bond motifs is 1. The number of hydrogen-bond acceptors (Lipinski definition) is 4. The molecule has 0 bridgehead atoms. The zero-order valence-electron chi connectivity index (χ0n) is 13.2. The van der Waals surface area contributed by atoms with Crippen LogP contribution in [0.4, 0.5) is 0 Å². The summed E-state index contributed by atoms with van der Waals surface area (Å²) in [5, 5.41) is 0. The summed E-state index contributed by atoms with van der Waals surface area (Å²) in [6, 6.07) is 1.17. The summed E-state index contributed by atoms with van der Waals surface area (Å²) >= 11 is 0. The highest BCUT2D eigenvalue weighted by atomic mass is 32.2.